The van der Waals surface area contributed by atoms with E-state index in [0.717, 1.165) is 50.6 Å². The van der Waals surface area contributed by atoms with E-state index >= 15 is 0 Å². The SMILES string of the molecule is COc1cccc(CCN2CCN(C(=O)COc3ccc(C)c(C)c3)CC2)c1. The minimum Gasteiger partial charge on any atom is -0.497 e. The molecule has 2 aromatic rings. The van der Waals surface area contributed by atoms with Crippen LogP contribution >= 0.6 is 0 Å². The molecule has 0 aliphatic carbocycles. The summed E-state index contributed by atoms with van der Waals surface area (Å²) in [5.41, 5.74) is 3.68. The molecule has 28 heavy (non-hydrogen) atoms. The van der Waals surface area contributed by atoms with Crippen LogP contribution in [-0.2, 0) is 11.2 Å². The predicted molar refractivity (Wildman–Crippen MR) is 111 cm³/mol. The number of hydrogen-bond donors (Lipinski definition) is 0. The standard InChI is InChI=1S/C23H30N2O3/c1-18-7-8-22(15-19(18)2)28-17-23(26)25-13-11-24(12-14-25)10-9-20-5-4-6-21(16-20)27-3/h4-8,15-16H,9-14,17H2,1-3H3. The zero-order valence-electron chi connectivity index (χ0n) is 17.1. The van der Waals surface area contributed by atoms with Crippen LogP contribution < -0.4 is 9.47 Å². The van der Waals surface area contributed by atoms with E-state index in [1.165, 1.54) is 16.7 Å². The smallest absolute Gasteiger partial charge is 0.260 e. The fourth-order valence-corrected chi connectivity index (χ4v) is 3.38. The van der Waals surface area contributed by atoms with Crippen LogP contribution in [0.1, 0.15) is 16.7 Å². The number of carbonyl (C=O) groups excluding carboxylic acids is 1. The number of hydrogen-bond acceptors (Lipinski definition) is 4. The van der Waals surface area contributed by atoms with Gasteiger partial charge in [0.25, 0.3) is 5.91 Å². The highest BCUT2D eigenvalue weighted by Gasteiger charge is 2.21. The van der Waals surface area contributed by atoms with Crippen molar-refractivity contribution in [3.63, 3.8) is 0 Å². The van der Waals surface area contributed by atoms with Crippen LogP contribution in [0.4, 0.5) is 0 Å². The summed E-state index contributed by atoms with van der Waals surface area (Å²) in [5, 5.41) is 0. The molecule has 0 unspecified atom stereocenters. The van der Waals surface area contributed by atoms with Gasteiger partial charge in [0.1, 0.15) is 11.5 Å². The van der Waals surface area contributed by atoms with Crippen LogP contribution in [0.25, 0.3) is 0 Å². The second-order valence-corrected chi connectivity index (χ2v) is 7.36. The molecule has 0 aromatic heterocycles. The molecule has 5 heteroatoms. The Hall–Kier alpha value is -2.53. The average Bonchev–Trinajstić information content (AvgIpc) is 2.73. The van der Waals surface area contributed by atoms with Crippen molar-refractivity contribution in [2.45, 2.75) is 20.3 Å². The van der Waals surface area contributed by atoms with Gasteiger partial charge in [0.2, 0.25) is 0 Å². The lowest BCUT2D eigenvalue weighted by Crippen LogP contribution is -2.50. The lowest BCUT2D eigenvalue weighted by molar-refractivity contribution is -0.135. The van der Waals surface area contributed by atoms with Gasteiger partial charge in [0, 0.05) is 32.7 Å². The first-order valence-electron chi connectivity index (χ1n) is 9.88. The predicted octanol–water partition coefficient (Wildman–Crippen LogP) is 3.08. The molecule has 1 saturated heterocycles. The van der Waals surface area contributed by atoms with Gasteiger partial charge in [-0.3, -0.25) is 9.69 Å². The summed E-state index contributed by atoms with van der Waals surface area (Å²) in [6.45, 7) is 8.53. The molecule has 1 amide bonds. The summed E-state index contributed by atoms with van der Waals surface area (Å²) in [6.07, 6.45) is 0.987. The number of ether oxygens (including phenoxy) is 2. The van der Waals surface area contributed by atoms with Gasteiger partial charge in [-0.05, 0) is 61.2 Å². The van der Waals surface area contributed by atoms with Gasteiger partial charge in [-0.2, -0.15) is 0 Å². The van der Waals surface area contributed by atoms with Crippen molar-refractivity contribution in [1.82, 2.24) is 9.80 Å². The maximum Gasteiger partial charge on any atom is 0.260 e. The summed E-state index contributed by atoms with van der Waals surface area (Å²) >= 11 is 0. The molecule has 0 bridgehead atoms. The van der Waals surface area contributed by atoms with Crippen molar-refractivity contribution >= 4 is 5.91 Å². The molecule has 3 rings (SSSR count). The van der Waals surface area contributed by atoms with Crippen LogP contribution in [0.15, 0.2) is 42.5 Å². The maximum absolute atomic E-state index is 12.4. The normalized spacial score (nSPS) is 14.8. The lowest BCUT2D eigenvalue weighted by Gasteiger charge is -2.34. The largest absolute Gasteiger partial charge is 0.497 e. The van der Waals surface area contributed by atoms with Crippen LogP contribution in [-0.4, -0.2) is 62.1 Å². The molecule has 1 fully saturated rings. The van der Waals surface area contributed by atoms with Gasteiger partial charge in [-0.1, -0.05) is 18.2 Å². The van der Waals surface area contributed by atoms with Gasteiger partial charge in [0.05, 0.1) is 7.11 Å². The van der Waals surface area contributed by atoms with Crippen LogP contribution in [0.2, 0.25) is 0 Å². The van der Waals surface area contributed by atoms with Crippen LogP contribution in [0.3, 0.4) is 0 Å². The highest BCUT2D eigenvalue weighted by Crippen LogP contribution is 2.17. The Balaban J connectivity index is 1.40. The zero-order chi connectivity index (χ0) is 19.9. The van der Waals surface area contributed by atoms with Gasteiger partial charge in [-0.15, -0.1) is 0 Å². The molecule has 2 aromatic carbocycles. The summed E-state index contributed by atoms with van der Waals surface area (Å²) < 4.78 is 11.0. The topological polar surface area (TPSA) is 42.0 Å². The van der Waals surface area contributed by atoms with Crippen molar-refractivity contribution in [3.8, 4) is 11.5 Å². The molecule has 0 radical (unpaired) electrons. The molecule has 0 spiro atoms. The first-order valence-corrected chi connectivity index (χ1v) is 9.88. The molecule has 0 atom stereocenters. The molecule has 150 valence electrons. The van der Waals surface area contributed by atoms with E-state index in [1.807, 2.05) is 35.2 Å². The quantitative estimate of drug-likeness (QED) is 0.738. The van der Waals surface area contributed by atoms with Crippen molar-refractivity contribution < 1.29 is 14.3 Å². The van der Waals surface area contributed by atoms with E-state index in [2.05, 4.69) is 30.9 Å². The lowest BCUT2D eigenvalue weighted by atomic mass is 10.1. The van der Waals surface area contributed by atoms with E-state index in [0.29, 0.717) is 0 Å². The first kappa shape index (κ1) is 20.2. The zero-order valence-corrected chi connectivity index (χ0v) is 17.1. The molecular formula is C23H30N2O3. The first-order chi connectivity index (χ1) is 13.5. The van der Waals surface area contributed by atoms with Gasteiger partial charge >= 0.3 is 0 Å². The van der Waals surface area contributed by atoms with Gasteiger partial charge < -0.3 is 14.4 Å². The Morgan fingerprint density at radius 1 is 0.964 bits per heavy atom. The summed E-state index contributed by atoms with van der Waals surface area (Å²) in [6, 6.07) is 14.1. The Labute approximate surface area is 167 Å². The number of rotatable bonds is 7. The fraction of sp³-hybridized carbons (Fsp3) is 0.435. The minimum atomic E-state index is 0.0608. The van der Waals surface area contributed by atoms with E-state index in [1.54, 1.807) is 7.11 Å². The summed E-state index contributed by atoms with van der Waals surface area (Å²) in [4.78, 5) is 16.8. The highest BCUT2D eigenvalue weighted by atomic mass is 16.5. The molecule has 5 nitrogen and oxygen atoms in total. The fourth-order valence-electron chi connectivity index (χ4n) is 3.38. The third-order valence-electron chi connectivity index (χ3n) is 5.42. The van der Waals surface area contributed by atoms with Crippen molar-refractivity contribution in [3.05, 3.63) is 59.2 Å². The van der Waals surface area contributed by atoms with Crippen LogP contribution in [0, 0.1) is 13.8 Å². The molecule has 0 N–H and O–H groups in total. The monoisotopic (exact) mass is 382 g/mol. The second-order valence-electron chi connectivity index (χ2n) is 7.36. The number of carbonyl (C=O) groups is 1. The number of aryl methyl sites for hydroxylation is 2. The van der Waals surface area contributed by atoms with Crippen molar-refractivity contribution in [2.75, 3.05) is 46.4 Å². The summed E-state index contributed by atoms with van der Waals surface area (Å²) in [7, 11) is 1.69. The maximum atomic E-state index is 12.4. The summed E-state index contributed by atoms with van der Waals surface area (Å²) in [5.74, 6) is 1.72. The Bertz CT molecular complexity index is 798. The third-order valence-corrected chi connectivity index (χ3v) is 5.42. The van der Waals surface area contributed by atoms with Crippen LogP contribution in [0.5, 0.6) is 11.5 Å². The Morgan fingerprint density at radius 3 is 2.46 bits per heavy atom. The number of piperazine rings is 1. The van der Waals surface area contributed by atoms with Crippen molar-refractivity contribution in [1.29, 1.82) is 0 Å². The molecular weight excluding hydrogens is 352 g/mol. The molecule has 0 saturated carbocycles. The van der Waals surface area contributed by atoms with E-state index in [4.69, 9.17) is 9.47 Å². The average molecular weight is 383 g/mol. The number of nitrogens with zero attached hydrogens (tertiary/aromatic N) is 2. The molecule has 1 aliphatic heterocycles. The van der Waals surface area contributed by atoms with E-state index < -0.39 is 0 Å². The number of benzene rings is 2. The highest BCUT2D eigenvalue weighted by molar-refractivity contribution is 5.77. The van der Waals surface area contributed by atoms with Crippen molar-refractivity contribution in [2.24, 2.45) is 0 Å². The third kappa shape index (κ3) is 5.49. The van der Waals surface area contributed by atoms with Gasteiger partial charge in [0.15, 0.2) is 6.61 Å². The second kappa shape index (κ2) is 9.60. The number of amides is 1. The Kier molecular flexibility index (Phi) is 6.93. The molecule has 1 heterocycles. The Morgan fingerprint density at radius 2 is 1.75 bits per heavy atom. The minimum absolute atomic E-state index is 0.0608. The van der Waals surface area contributed by atoms with E-state index in [9.17, 15) is 4.79 Å². The van der Waals surface area contributed by atoms with E-state index in [-0.39, 0.29) is 12.5 Å². The van der Waals surface area contributed by atoms with Gasteiger partial charge in [-0.25, -0.2) is 0 Å². The number of methoxy groups -OCH3 is 1. The molecule has 1 aliphatic rings.